The monoisotopic (exact) mass is 310 g/mol. The highest BCUT2D eigenvalue weighted by Gasteiger charge is 2.07. The van der Waals surface area contributed by atoms with E-state index in [2.05, 4.69) is 36.8 Å². The topological polar surface area (TPSA) is 63.0 Å². The fourth-order valence-electron chi connectivity index (χ4n) is 1.45. The third kappa shape index (κ3) is 3.30. The Kier molecular flexibility index (Phi) is 4.33. The van der Waals surface area contributed by atoms with Gasteiger partial charge in [-0.1, -0.05) is 34.0 Å². The molecule has 0 atom stereocenters. The summed E-state index contributed by atoms with van der Waals surface area (Å²) in [6.45, 7) is 5.50. The van der Waals surface area contributed by atoms with E-state index in [4.69, 9.17) is 4.42 Å². The van der Waals surface area contributed by atoms with E-state index >= 15 is 0 Å². The van der Waals surface area contributed by atoms with E-state index in [9.17, 15) is 0 Å². The molecule has 1 heterocycles. The summed E-state index contributed by atoms with van der Waals surface area (Å²) >= 11 is 3.43. The molecular formula is C12H15BrN4O. The van der Waals surface area contributed by atoms with Crippen LogP contribution in [0, 0.1) is 6.92 Å². The molecule has 0 unspecified atom stereocenters. The molecule has 2 rings (SSSR count). The first-order chi connectivity index (χ1) is 8.69. The molecule has 0 bridgehead atoms. The molecule has 1 aromatic heterocycles. The molecule has 0 fully saturated rings. The minimum Gasteiger partial charge on any atom is -0.406 e. The molecule has 18 heavy (non-hydrogen) atoms. The predicted molar refractivity (Wildman–Crippen MR) is 73.8 cm³/mol. The molecule has 0 amide bonds. The zero-order valence-corrected chi connectivity index (χ0v) is 11.9. The van der Waals surface area contributed by atoms with Gasteiger partial charge in [0, 0.05) is 10.2 Å². The summed E-state index contributed by atoms with van der Waals surface area (Å²) in [4.78, 5) is 0. The molecule has 0 aliphatic rings. The Bertz CT molecular complexity index is 527. The largest absolute Gasteiger partial charge is 0.406 e. The third-order valence-electron chi connectivity index (χ3n) is 2.43. The summed E-state index contributed by atoms with van der Waals surface area (Å²) in [5.74, 6) is 0.576. The summed E-state index contributed by atoms with van der Waals surface area (Å²) in [7, 11) is 0. The van der Waals surface area contributed by atoms with Gasteiger partial charge >= 0.3 is 6.01 Å². The summed E-state index contributed by atoms with van der Waals surface area (Å²) in [5.41, 5.74) is 2.06. The van der Waals surface area contributed by atoms with Crippen LogP contribution in [-0.4, -0.2) is 16.7 Å². The van der Waals surface area contributed by atoms with Crippen molar-refractivity contribution in [3.05, 3.63) is 34.1 Å². The number of hydrogen-bond donors (Lipinski definition) is 2. The number of hydrogen-bond acceptors (Lipinski definition) is 5. The van der Waals surface area contributed by atoms with Gasteiger partial charge in [0.15, 0.2) is 0 Å². The second-order valence-electron chi connectivity index (χ2n) is 3.87. The van der Waals surface area contributed by atoms with Crippen molar-refractivity contribution < 1.29 is 4.42 Å². The minimum atomic E-state index is 0.407. The summed E-state index contributed by atoms with van der Waals surface area (Å²) in [6, 6.07) is 6.39. The highest BCUT2D eigenvalue weighted by Crippen LogP contribution is 2.23. The van der Waals surface area contributed by atoms with Gasteiger partial charge in [-0.2, -0.15) is 0 Å². The second-order valence-corrected chi connectivity index (χ2v) is 4.78. The number of rotatable bonds is 5. The summed E-state index contributed by atoms with van der Waals surface area (Å²) < 4.78 is 6.48. The van der Waals surface area contributed by atoms with Gasteiger partial charge in [-0.05, 0) is 31.2 Å². The smallest absolute Gasteiger partial charge is 0.320 e. The zero-order valence-electron chi connectivity index (χ0n) is 10.3. The van der Waals surface area contributed by atoms with Gasteiger partial charge in [0.05, 0.1) is 6.54 Å². The SMILES string of the molecule is CCNCc1nnc(Nc2cc(Br)ccc2C)o1. The molecule has 2 N–H and O–H groups in total. The van der Waals surface area contributed by atoms with Crippen LogP contribution in [-0.2, 0) is 6.54 Å². The second kappa shape index (κ2) is 5.97. The average molecular weight is 311 g/mol. The van der Waals surface area contributed by atoms with E-state index < -0.39 is 0 Å². The van der Waals surface area contributed by atoms with Crippen molar-refractivity contribution in [3.8, 4) is 0 Å². The first-order valence-corrected chi connectivity index (χ1v) is 6.54. The normalized spacial score (nSPS) is 10.6. The Labute approximate surface area is 114 Å². The van der Waals surface area contributed by atoms with Crippen LogP contribution in [0.2, 0.25) is 0 Å². The number of nitrogens with zero attached hydrogens (tertiary/aromatic N) is 2. The molecular weight excluding hydrogens is 296 g/mol. The van der Waals surface area contributed by atoms with E-state index in [0.29, 0.717) is 18.5 Å². The lowest BCUT2D eigenvalue weighted by Crippen LogP contribution is -2.11. The Hall–Kier alpha value is -1.40. The minimum absolute atomic E-state index is 0.407. The number of benzene rings is 1. The van der Waals surface area contributed by atoms with Crippen LogP contribution in [0.4, 0.5) is 11.7 Å². The molecule has 0 aliphatic heterocycles. The van der Waals surface area contributed by atoms with Crippen LogP contribution in [0.5, 0.6) is 0 Å². The first kappa shape index (κ1) is 13.0. The van der Waals surface area contributed by atoms with Gasteiger partial charge in [-0.3, -0.25) is 0 Å². The Morgan fingerprint density at radius 2 is 2.17 bits per heavy atom. The van der Waals surface area contributed by atoms with Crippen molar-refractivity contribution in [2.24, 2.45) is 0 Å². The number of anilines is 2. The number of nitrogens with one attached hydrogen (secondary N) is 2. The predicted octanol–water partition coefficient (Wildman–Crippen LogP) is 2.99. The van der Waals surface area contributed by atoms with Gasteiger partial charge in [0.25, 0.3) is 0 Å². The highest BCUT2D eigenvalue weighted by atomic mass is 79.9. The van der Waals surface area contributed by atoms with Crippen molar-refractivity contribution in [2.45, 2.75) is 20.4 Å². The Morgan fingerprint density at radius 1 is 1.33 bits per heavy atom. The lowest BCUT2D eigenvalue weighted by atomic mass is 10.2. The van der Waals surface area contributed by atoms with Crippen molar-refractivity contribution in [1.29, 1.82) is 0 Å². The molecule has 0 saturated heterocycles. The third-order valence-corrected chi connectivity index (χ3v) is 2.93. The average Bonchev–Trinajstić information content (AvgIpc) is 2.79. The molecule has 5 nitrogen and oxygen atoms in total. The zero-order chi connectivity index (χ0) is 13.0. The van der Waals surface area contributed by atoms with E-state index in [-0.39, 0.29) is 0 Å². The van der Waals surface area contributed by atoms with Crippen LogP contribution in [0.25, 0.3) is 0 Å². The highest BCUT2D eigenvalue weighted by molar-refractivity contribution is 9.10. The molecule has 1 aromatic carbocycles. The van der Waals surface area contributed by atoms with Crippen LogP contribution < -0.4 is 10.6 Å². The van der Waals surface area contributed by atoms with Crippen LogP contribution in [0.3, 0.4) is 0 Å². The molecule has 6 heteroatoms. The van der Waals surface area contributed by atoms with Crippen molar-refractivity contribution in [3.63, 3.8) is 0 Å². The number of aryl methyl sites for hydroxylation is 1. The van der Waals surface area contributed by atoms with Gasteiger partial charge < -0.3 is 15.1 Å². The van der Waals surface area contributed by atoms with E-state index in [1.54, 1.807) is 0 Å². The molecule has 0 radical (unpaired) electrons. The molecule has 96 valence electrons. The molecule has 0 saturated carbocycles. The lowest BCUT2D eigenvalue weighted by Gasteiger charge is -2.05. The van der Waals surface area contributed by atoms with Crippen LogP contribution in [0.1, 0.15) is 18.4 Å². The lowest BCUT2D eigenvalue weighted by molar-refractivity contribution is 0.484. The summed E-state index contributed by atoms with van der Waals surface area (Å²) in [5, 5.41) is 14.1. The fraction of sp³-hybridized carbons (Fsp3) is 0.333. The van der Waals surface area contributed by atoms with E-state index in [0.717, 1.165) is 22.3 Å². The number of aromatic nitrogens is 2. The maximum atomic E-state index is 5.47. The van der Waals surface area contributed by atoms with E-state index in [1.165, 1.54) is 0 Å². The number of halogens is 1. The Morgan fingerprint density at radius 3 is 2.94 bits per heavy atom. The quantitative estimate of drug-likeness (QED) is 0.889. The maximum absolute atomic E-state index is 5.47. The van der Waals surface area contributed by atoms with Crippen LogP contribution >= 0.6 is 15.9 Å². The van der Waals surface area contributed by atoms with Gasteiger partial charge in [-0.15, -0.1) is 5.10 Å². The molecule has 0 spiro atoms. The van der Waals surface area contributed by atoms with Gasteiger partial charge in [-0.25, -0.2) is 0 Å². The van der Waals surface area contributed by atoms with Crippen molar-refractivity contribution in [2.75, 3.05) is 11.9 Å². The van der Waals surface area contributed by atoms with Crippen molar-refractivity contribution >= 4 is 27.6 Å². The summed E-state index contributed by atoms with van der Waals surface area (Å²) in [6.07, 6.45) is 0. The van der Waals surface area contributed by atoms with Gasteiger partial charge in [0.2, 0.25) is 5.89 Å². The maximum Gasteiger partial charge on any atom is 0.320 e. The standard InChI is InChI=1S/C12H15BrN4O/c1-3-14-7-11-16-17-12(18-11)15-10-6-9(13)5-4-8(10)2/h4-6,14H,3,7H2,1-2H3,(H,15,17). The Balaban J connectivity index is 2.08. The van der Waals surface area contributed by atoms with E-state index in [1.807, 2.05) is 32.0 Å². The van der Waals surface area contributed by atoms with Crippen LogP contribution in [0.15, 0.2) is 27.1 Å². The first-order valence-electron chi connectivity index (χ1n) is 5.75. The van der Waals surface area contributed by atoms with Gasteiger partial charge in [0.1, 0.15) is 0 Å². The molecule has 0 aliphatic carbocycles. The van der Waals surface area contributed by atoms with Crippen molar-refractivity contribution in [1.82, 2.24) is 15.5 Å². The fourth-order valence-corrected chi connectivity index (χ4v) is 1.81. The molecule has 2 aromatic rings.